The lowest BCUT2D eigenvalue weighted by atomic mass is 10.1. The van der Waals surface area contributed by atoms with Crippen LogP contribution in [0.25, 0.3) is 0 Å². The maximum Gasteiger partial charge on any atom is 0.223 e. The molecule has 1 amide bonds. The number of amides is 1. The van der Waals surface area contributed by atoms with Gasteiger partial charge in [0.05, 0.1) is 0 Å². The van der Waals surface area contributed by atoms with Crippen LogP contribution in [0.1, 0.15) is 31.4 Å². The number of nitrogens with one attached hydrogen (secondary N) is 1. The van der Waals surface area contributed by atoms with Crippen molar-refractivity contribution >= 4 is 11.7 Å². The van der Waals surface area contributed by atoms with Gasteiger partial charge in [0.15, 0.2) is 5.84 Å². The molecule has 0 aliphatic heterocycles. The minimum atomic E-state index is 0.0291. The van der Waals surface area contributed by atoms with Gasteiger partial charge in [-0.25, -0.2) is 0 Å². The summed E-state index contributed by atoms with van der Waals surface area (Å²) >= 11 is 0. The number of nitrogens with zero attached hydrogens (tertiary/aromatic N) is 1. The zero-order chi connectivity index (χ0) is 13.5. The number of carbonyl (C=O) groups excluding carboxylic acids is 1. The SMILES string of the molecule is CCC(C)C(=O)NCc1ccc(C(N)=NO)cc1. The van der Waals surface area contributed by atoms with Crippen LogP contribution in [0.15, 0.2) is 29.4 Å². The van der Waals surface area contributed by atoms with Crippen LogP contribution in [0.5, 0.6) is 0 Å². The Balaban J connectivity index is 2.57. The van der Waals surface area contributed by atoms with Crippen LogP contribution in [-0.4, -0.2) is 17.0 Å². The van der Waals surface area contributed by atoms with Gasteiger partial charge in [-0.05, 0) is 12.0 Å². The molecule has 0 saturated carbocycles. The predicted molar refractivity (Wildman–Crippen MR) is 70.3 cm³/mol. The smallest absolute Gasteiger partial charge is 0.223 e. The van der Waals surface area contributed by atoms with Crippen molar-refractivity contribution < 1.29 is 10.0 Å². The Morgan fingerprint density at radius 1 is 1.44 bits per heavy atom. The molecule has 5 nitrogen and oxygen atoms in total. The molecule has 1 aromatic rings. The van der Waals surface area contributed by atoms with Crippen LogP contribution in [0, 0.1) is 5.92 Å². The van der Waals surface area contributed by atoms with E-state index in [1.807, 2.05) is 26.0 Å². The van der Waals surface area contributed by atoms with Crippen LogP contribution >= 0.6 is 0 Å². The van der Waals surface area contributed by atoms with E-state index in [0.717, 1.165) is 12.0 Å². The van der Waals surface area contributed by atoms with Crippen LogP contribution in [0.3, 0.4) is 0 Å². The fourth-order valence-electron chi connectivity index (χ4n) is 1.40. The molecule has 0 aliphatic carbocycles. The van der Waals surface area contributed by atoms with Gasteiger partial charge in [-0.15, -0.1) is 0 Å². The Kier molecular flexibility index (Phi) is 5.17. The Morgan fingerprint density at radius 2 is 2.06 bits per heavy atom. The van der Waals surface area contributed by atoms with Crippen molar-refractivity contribution in [2.24, 2.45) is 16.8 Å². The highest BCUT2D eigenvalue weighted by atomic mass is 16.4. The maximum atomic E-state index is 11.6. The average molecular weight is 249 g/mol. The van der Waals surface area contributed by atoms with E-state index >= 15 is 0 Å². The van der Waals surface area contributed by atoms with E-state index in [-0.39, 0.29) is 17.7 Å². The summed E-state index contributed by atoms with van der Waals surface area (Å²) in [5.74, 6) is 0.157. The third-order valence-electron chi connectivity index (χ3n) is 2.88. The van der Waals surface area contributed by atoms with Crippen LogP contribution in [0.4, 0.5) is 0 Å². The fourth-order valence-corrected chi connectivity index (χ4v) is 1.40. The standard InChI is InChI=1S/C13H19N3O2/c1-3-9(2)13(17)15-8-10-4-6-11(7-5-10)12(14)16-18/h4-7,9,18H,3,8H2,1-2H3,(H2,14,16)(H,15,17). The minimum absolute atomic E-state index is 0.0291. The molecule has 0 radical (unpaired) electrons. The molecule has 0 aromatic heterocycles. The van der Waals surface area contributed by atoms with Gasteiger partial charge in [-0.2, -0.15) is 0 Å². The largest absolute Gasteiger partial charge is 0.409 e. The summed E-state index contributed by atoms with van der Waals surface area (Å²) in [4.78, 5) is 11.6. The molecule has 0 fully saturated rings. The molecular weight excluding hydrogens is 230 g/mol. The lowest BCUT2D eigenvalue weighted by Crippen LogP contribution is -2.28. The molecule has 4 N–H and O–H groups in total. The first-order valence-electron chi connectivity index (χ1n) is 5.93. The highest BCUT2D eigenvalue weighted by Crippen LogP contribution is 2.05. The second-order valence-corrected chi connectivity index (χ2v) is 4.21. The molecule has 18 heavy (non-hydrogen) atoms. The highest BCUT2D eigenvalue weighted by molar-refractivity contribution is 5.96. The van der Waals surface area contributed by atoms with E-state index in [9.17, 15) is 4.79 Å². The molecule has 1 atom stereocenters. The van der Waals surface area contributed by atoms with Crippen molar-refractivity contribution in [2.45, 2.75) is 26.8 Å². The first-order chi connectivity index (χ1) is 8.58. The quantitative estimate of drug-likeness (QED) is 0.319. The van der Waals surface area contributed by atoms with Crippen molar-refractivity contribution in [3.63, 3.8) is 0 Å². The van der Waals surface area contributed by atoms with E-state index in [1.54, 1.807) is 12.1 Å². The monoisotopic (exact) mass is 249 g/mol. The van der Waals surface area contributed by atoms with Gasteiger partial charge < -0.3 is 16.3 Å². The van der Waals surface area contributed by atoms with Crippen LogP contribution < -0.4 is 11.1 Å². The fraction of sp³-hybridized carbons (Fsp3) is 0.385. The molecular formula is C13H19N3O2. The molecule has 1 unspecified atom stereocenters. The van der Waals surface area contributed by atoms with Gasteiger partial charge in [0.1, 0.15) is 0 Å². The topological polar surface area (TPSA) is 87.7 Å². The van der Waals surface area contributed by atoms with E-state index in [1.165, 1.54) is 0 Å². The zero-order valence-electron chi connectivity index (χ0n) is 10.7. The lowest BCUT2D eigenvalue weighted by molar-refractivity contribution is -0.124. The summed E-state index contributed by atoms with van der Waals surface area (Å²) < 4.78 is 0. The molecule has 0 saturated heterocycles. The number of hydrogen-bond acceptors (Lipinski definition) is 3. The van der Waals surface area contributed by atoms with Gasteiger partial charge in [0.25, 0.3) is 0 Å². The molecule has 5 heteroatoms. The van der Waals surface area contributed by atoms with Gasteiger partial charge in [0.2, 0.25) is 5.91 Å². The number of carbonyl (C=O) groups is 1. The molecule has 0 bridgehead atoms. The molecule has 1 aromatic carbocycles. The average Bonchev–Trinajstić information content (AvgIpc) is 2.43. The molecule has 0 aliphatic rings. The van der Waals surface area contributed by atoms with E-state index in [0.29, 0.717) is 12.1 Å². The zero-order valence-corrected chi connectivity index (χ0v) is 10.7. The number of hydrogen-bond donors (Lipinski definition) is 3. The number of oxime groups is 1. The molecule has 0 spiro atoms. The summed E-state index contributed by atoms with van der Waals surface area (Å²) in [6.07, 6.45) is 0.828. The summed E-state index contributed by atoms with van der Waals surface area (Å²) in [6.45, 7) is 4.37. The van der Waals surface area contributed by atoms with Gasteiger partial charge >= 0.3 is 0 Å². The van der Waals surface area contributed by atoms with E-state index < -0.39 is 0 Å². The number of nitrogens with two attached hydrogens (primary N) is 1. The predicted octanol–water partition coefficient (Wildman–Crippen LogP) is 1.44. The number of benzene rings is 1. The summed E-state index contributed by atoms with van der Waals surface area (Å²) in [6, 6.07) is 7.17. The van der Waals surface area contributed by atoms with Gasteiger partial charge in [-0.3, -0.25) is 4.79 Å². The minimum Gasteiger partial charge on any atom is -0.409 e. The van der Waals surface area contributed by atoms with Gasteiger partial charge in [-0.1, -0.05) is 43.3 Å². The number of rotatable bonds is 5. The molecule has 1 rings (SSSR count). The normalized spacial score (nSPS) is 13.1. The first kappa shape index (κ1) is 14.0. The van der Waals surface area contributed by atoms with Crippen molar-refractivity contribution in [1.29, 1.82) is 0 Å². The Hall–Kier alpha value is -2.04. The Morgan fingerprint density at radius 3 is 2.56 bits per heavy atom. The third-order valence-corrected chi connectivity index (χ3v) is 2.88. The highest BCUT2D eigenvalue weighted by Gasteiger charge is 2.09. The van der Waals surface area contributed by atoms with Crippen molar-refractivity contribution in [3.05, 3.63) is 35.4 Å². The van der Waals surface area contributed by atoms with Crippen molar-refractivity contribution in [3.8, 4) is 0 Å². The first-order valence-corrected chi connectivity index (χ1v) is 5.93. The Bertz CT molecular complexity index is 426. The van der Waals surface area contributed by atoms with E-state index in [4.69, 9.17) is 10.9 Å². The summed E-state index contributed by atoms with van der Waals surface area (Å²) in [7, 11) is 0. The molecule has 0 heterocycles. The van der Waals surface area contributed by atoms with Crippen molar-refractivity contribution in [1.82, 2.24) is 5.32 Å². The number of amidine groups is 1. The van der Waals surface area contributed by atoms with Gasteiger partial charge in [0, 0.05) is 18.0 Å². The van der Waals surface area contributed by atoms with E-state index in [2.05, 4.69) is 10.5 Å². The summed E-state index contributed by atoms with van der Waals surface area (Å²) in [5, 5.41) is 14.3. The van der Waals surface area contributed by atoms with Crippen LogP contribution in [-0.2, 0) is 11.3 Å². The lowest BCUT2D eigenvalue weighted by Gasteiger charge is -2.10. The Labute approximate surface area is 107 Å². The van der Waals surface area contributed by atoms with Crippen molar-refractivity contribution in [2.75, 3.05) is 0 Å². The van der Waals surface area contributed by atoms with Crippen LogP contribution in [0.2, 0.25) is 0 Å². The maximum absolute atomic E-state index is 11.6. The summed E-state index contributed by atoms with van der Waals surface area (Å²) in [5.41, 5.74) is 7.08. The second-order valence-electron chi connectivity index (χ2n) is 4.21. The second kappa shape index (κ2) is 6.64. The third kappa shape index (κ3) is 3.76. The molecule has 98 valence electrons.